The summed E-state index contributed by atoms with van der Waals surface area (Å²) in [5.41, 5.74) is -1.72. The Morgan fingerprint density at radius 2 is 2.16 bits per heavy atom. The number of nitro groups is 1. The Labute approximate surface area is 113 Å². The Balaban J connectivity index is 3.50. The fraction of sp³-hybridized carbons (Fsp3) is 0.455. The smallest absolute Gasteiger partial charge is 0.293 e. The molecule has 7 nitrogen and oxygen atoms in total. The monoisotopic (exact) mass is 287 g/mol. The molecule has 0 atom stereocenters. The molecule has 1 rings (SSSR count). The quantitative estimate of drug-likeness (QED) is 0.339. The van der Waals surface area contributed by atoms with Crippen molar-refractivity contribution in [3.05, 3.63) is 49.3 Å². The lowest BCUT2D eigenvalue weighted by molar-refractivity contribution is -0.387. The van der Waals surface area contributed by atoms with Crippen molar-refractivity contribution in [2.24, 2.45) is 0 Å². The molecule has 0 aliphatic heterocycles. The van der Waals surface area contributed by atoms with E-state index in [0.29, 0.717) is 18.5 Å². The molecule has 0 aromatic carbocycles. The third kappa shape index (κ3) is 3.31. The van der Waals surface area contributed by atoms with Gasteiger partial charge in [-0.3, -0.25) is 24.0 Å². The van der Waals surface area contributed by atoms with Crippen LogP contribution in [0.15, 0.2) is 27.9 Å². The second-order valence-electron chi connectivity index (χ2n) is 4.02. The first kappa shape index (κ1) is 15.2. The van der Waals surface area contributed by atoms with E-state index >= 15 is 0 Å². The van der Waals surface area contributed by atoms with Crippen LogP contribution in [0.4, 0.5) is 5.69 Å². The summed E-state index contributed by atoms with van der Waals surface area (Å²) in [4.78, 5) is 33.9. The summed E-state index contributed by atoms with van der Waals surface area (Å²) in [6.07, 6.45) is 1.60. The minimum atomic E-state index is -0.936. The molecule has 0 unspecified atom stereocenters. The molecule has 1 aromatic heterocycles. The highest BCUT2D eigenvalue weighted by molar-refractivity contribution is 6.19. The largest absolute Gasteiger partial charge is 0.350 e. The molecular weight excluding hydrogens is 274 g/mol. The predicted molar refractivity (Wildman–Crippen MR) is 71.8 cm³/mol. The standard InChI is InChI=1S/C11H14ClN3O4/c1-3-4-13-7-9(15(18)19)10(16)14(11(13)17)6-8(2)5-12/h7H,2-6H2,1H3. The van der Waals surface area contributed by atoms with Crippen LogP contribution in [0.25, 0.3) is 0 Å². The highest BCUT2D eigenvalue weighted by Crippen LogP contribution is 2.03. The third-order valence-corrected chi connectivity index (χ3v) is 2.83. The number of hydrogen-bond donors (Lipinski definition) is 0. The van der Waals surface area contributed by atoms with Crippen molar-refractivity contribution < 1.29 is 4.92 Å². The van der Waals surface area contributed by atoms with E-state index in [2.05, 4.69) is 6.58 Å². The van der Waals surface area contributed by atoms with Crippen molar-refractivity contribution >= 4 is 17.3 Å². The maximum Gasteiger partial charge on any atom is 0.350 e. The van der Waals surface area contributed by atoms with Gasteiger partial charge in [-0.15, -0.1) is 11.6 Å². The van der Waals surface area contributed by atoms with Gasteiger partial charge in [0.25, 0.3) is 0 Å². The number of aromatic nitrogens is 2. The van der Waals surface area contributed by atoms with Gasteiger partial charge in [0.15, 0.2) is 0 Å². The van der Waals surface area contributed by atoms with Crippen LogP contribution in [0, 0.1) is 10.1 Å². The van der Waals surface area contributed by atoms with E-state index < -0.39 is 21.9 Å². The normalized spacial score (nSPS) is 10.4. The lowest BCUT2D eigenvalue weighted by Crippen LogP contribution is -2.40. The van der Waals surface area contributed by atoms with Crippen LogP contribution in [0.2, 0.25) is 0 Å². The molecule has 1 heterocycles. The van der Waals surface area contributed by atoms with E-state index in [1.807, 2.05) is 6.92 Å². The van der Waals surface area contributed by atoms with Gasteiger partial charge < -0.3 is 0 Å². The fourth-order valence-corrected chi connectivity index (χ4v) is 1.65. The van der Waals surface area contributed by atoms with Crippen molar-refractivity contribution in [2.45, 2.75) is 26.4 Å². The molecule has 0 radical (unpaired) electrons. The van der Waals surface area contributed by atoms with Gasteiger partial charge in [-0.2, -0.15) is 0 Å². The van der Waals surface area contributed by atoms with Gasteiger partial charge in [0, 0.05) is 12.4 Å². The van der Waals surface area contributed by atoms with E-state index in [4.69, 9.17) is 11.6 Å². The molecular formula is C11H14ClN3O4. The van der Waals surface area contributed by atoms with Crippen LogP contribution in [-0.4, -0.2) is 19.9 Å². The van der Waals surface area contributed by atoms with Crippen molar-refractivity contribution in [1.82, 2.24) is 9.13 Å². The summed E-state index contributed by atoms with van der Waals surface area (Å²) < 4.78 is 1.94. The van der Waals surface area contributed by atoms with Crippen molar-refractivity contribution in [3.8, 4) is 0 Å². The second-order valence-corrected chi connectivity index (χ2v) is 4.29. The Kier molecular flexibility index (Phi) is 5.05. The van der Waals surface area contributed by atoms with Crippen LogP contribution in [0.5, 0.6) is 0 Å². The first-order valence-electron chi connectivity index (χ1n) is 5.63. The zero-order valence-electron chi connectivity index (χ0n) is 10.5. The second kappa shape index (κ2) is 6.33. The Hall–Kier alpha value is -1.89. The number of aryl methyl sites for hydroxylation is 1. The van der Waals surface area contributed by atoms with Crippen LogP contribution < -0.4 is 11.2 Å². The first-order chi connectivity index (χ1) is 8.92. The van der Waals surface area contributed by atoms with E-state index in [1.165, 1.54) is 0 Å². The summed E-state index contributed by atoms with van der Waals surface area (Å²) in [7, 11) is 0. The molecule has 0 spiro atoms. The van der Waals surface area contributed by atoms with Crippen molar-refractivity contribution in [2.75, 3.05) is 5.88 Å². The highest BCUT2D eigenvalue weighted by atomic mass is 35.5. The topological polar surface area (TPSA) is 87.1 Å². The van der Waals surface area contributed by atoms with Gasteiger partial charge in [0.1, 0.15) is 0 Å². The number of allylic oxidation sites excluding steroid dienone is 1. The van der Waals surface area contributed by atoms with E-state index in [1.54, 1.807) is 0 Å². The van der Waals surface area contributed by atoms with Crippen LogP contribution in [0.3, 0.4) is 0 Å². The number of alkyl halides is 1. The SMILES string of the molecule is C=C(CCl)Cn1c(=O)c([N+](=O)[O-])cn(CCC)c1=O. The van der Waals surface area contributed by atoms with Gasteiger partial charge in [-0.25, -0.2) is 4.79 Å². The van der Waals surface area contributed by atoms with Crippen molar-refractivity contribution in [3.63, 3.8) is 0 Å². The van der Waals surface area contributed by atoms with Crippen molar-refractivity contribution in [1.29, 1.82) is 0 Å². The van der Waals surface area contributed by atoms with Gasteiger partial charge in [0.2, 0.25) is 0 Å². The van der Waals surface area contributed by atoms with Gasteiger partial charge in [0.05, 0.1) is 17.7 Å². The summed E-state index contributed by atoms with van der Waals surface area (Å²) in [5, 5.41) is 10.8. The number of rotatable bonds is 6. The van der Waals surface area contributed by atoms with E-state index in [9.17, 15) is 19.7 Å². The Morgan fingerprint density at radius 1 is 1.53 bits per heavy atom. The maximum absolute atomic E-state index is 12.0. The number of hydrogen-bond acceptors (Lipinski definition) is 4. The average molecular weight is 288 g/mol. The van der Waals surface area contributed by atoms with E-state index in [0.717, 1.165) is 15.3 Å². The minimum absolute atomic E-state index is 0.0718. The zero-order chi connectivity index (χ0) is 14.6. The molecule has 0 amide bonds. The first-order valence-corrected chi connectivity index (χ1v) is 6.17. The lowest BCUT2D eigenvalue weighted by Gasteiger charge is -2.09. The molecule has 1 aromatic rings. The maximum atomic E-state index is 12.0. The highest BCUT2D eigenvalue weighted by Gasteiger charge is 2.19. The average Bonchev–Trinajstić information content (AvgIpc) is 2.37. The molecule has 0 N–H and O–H groups in total. The van der Waals surface area contributed by atoms with Crippen LogP contribution >= 0.6 is 11.6 Å². The zero-order valence-corrected chi connectivity index (χ0v) is 11.2. The van der Waals surface area contributed by atoms with Crippen LogP contribution in [0.1, 0.15) is 13.3 Å². The molecule has 8 heteroatoms. The van der Waals surface area contributed by atoms with E-state index in [-0.39, 0.29) is 12.4 Å². The molecule has 104 valence electrons. The summed E-state index contributed by atoms with van der Waals surface area (Å²) in [6.45, 7) is 5.60. The Morgan fingerprint density at radius 3 is 2.63 bits per heavy atom. The molecule has 19 heavy (non-hydrogen) atoms. The summed E-state index contributed by atoms with van der Waals surface area (Å²) in [5.74, 6) is 0.0718. The Bertz CT molecular complexity index is 617. The van der Waals surface area contributed by atoms with Gasteiger partial charge in [-0.05, 0) is 12.0 Å². The lowest BCUT2D eigenvalue weighted by atomic mass is 10.3. The van der Waals surface area contributed by atoms with Crippen LogP contribution in [-0.2, 0) is 13.1 Å². The fourth-order valence-electron chi connectivity index (χ4n) is 1.57. The predicted octanol–water partition coefficient (Wildman–Crippen LogP) is 1.12. The molecule has 0 aliphatic carbocycles. The molecule has 0 fully saturated rings. The minimum Gasteiger partial charge on any atom is -0.293 e. The molecule has 0 saturated carbocycles. The number of nitrogens with zero attached hydrogens (tertiary/aromatic N) is 3. The van der Waals surface area contributed by atoms with Gasteiger partial charge in [-0.1, -0.05) is 13.5 Å². The summed E-state index contributed by atoms with van der Waals surface area (Å²) in [6, 6.07) is 0. The molecule has 0 bridgehead atoms. The third-order valence-electron chi connectivity index (χ3n) is 2.45. The summed E-state index contributed by atoms with van der Waals surface area (Å²) >= 11 is 5.55. The number of halogens is 1. The molecule has 0 aliphatic rings. The van der Waals surface area contributed by atoms with Gasteiger partial charge >= 0.3 is 16.9 Å². The molecule has 0 saturated heterocycles.